The molecule has 2 unspecified atom stereocenters. The lowest BCUT2D eigenvalue weighted by Gasteiger charge is -2.29. The predicted molar refractivity (Wildman–Crippen MR) is 78.7 cm³/mol. The first-order valence-electron chi connectivity index (χ1n) is 7.10. The van der Waals surface area contributed by atoms with E-state index in [9.17, 15) is 4.79 Å². The minimum atomic E-state index is -0.236. The predicted octanol–water partition coefficient (Wildman–Crippen LogP) is 4.48. The lowest BCUT2D eigenvalue weighted by molar-refractivity contribution is 0.0248. The molecule has 0 bridgehead atoms. The lowest BCUT2D eigenvalue weighted by atomic mass is 9.82. The summed E-state index contributed by atoms with van der Waals surface area (Å²) in [7, 11) is 0. The minimum Gasteiger partial charge on any atom is -0.454 e. The van der Waals surface area contributed by atoms with Crippen molar-refractivity contribution in [3.63, 3.8) is 0 Å². The SMILES string of the molecule is CC1CCC(OC(=O)c2ccccc2)c2ccccc21. The van der Waals surface area contributed by atoms with E-state index in [2.05, 4.69) is 25.1 Å². The van der Waals surface area contributed by atoms with Crippen molar-refractivity contribution in [1.29, 1.82) is 0 Å². The van der Waals surface area contributed by atoms with Crippen molar-refractivity contribution in [3.05, 3.63) is 71.3 Å². The molecule has 2 aromatic carbocycles. The number of hydrogen-bond donors (Lipinski definition) is 0. The Bertz CT molecular complexity index is 604. The third kappa shape index (κ3) is 2.46. The van der Waals surface area contributed by atoms with Gasteiger partial charge in [-0.05, 0) is 42.0 Å². The molecule has 0 fully saturated rings. The second kappa shape index (κ2) is 5.49. The summed E-state index contributed by atoms with van der Waals surface area (Å²) in [6.07, 6.45) is 1.84. The minimum absolute atomic E-state index is 0.116. The largest absolute Gasteiger partial charge is 0.454 e. The van der Waals surface area contributed by atoms with Gasteiger partial charge in [0.2, 0.25) is 0 Å². The van der Waals surface area contributed by atoms with Gasteiger partial charge in [0, 0.05) is 0 Å². The molecule has 2 heteroatoms. The molecule has 2 aromatic rings. The van der Waals surface area contributed by atoms with Gasteiger partial charge >= 0.3 is 5.97 Å². The maximum atomic E-state index is 12.2. The molecule has 20 heavy (non-hydrogen) atoms. The van der Waals surface area contributed by atoms with Crippen molar-refractivity contribution in [2.45, 2.75) is 31.8 Å². The van der Waals surface area contributed by atoms with E-state index in [0.29, 0.717) is 11.5 Å². The van der Waals surface area contributed by atoms with Crippen LogP contribution in [-0.2, 0) is 4.74 Å². The van der Waals surface area contributed by atoms with E-state index < -0.39 is 0 Å². The normalized spacial score (nSPS) is 21.1. The molecule has 0 radical (unpaired) electrons. The van der Waals surface area contributed by atoms with Crippen molar-refractivity contribution in [3.8, 4) is 0 Å². The van der Waals surface area contributed by atoms with E-state index in [1.54, 1.807) is 12.1 Å². The molecule has 1 aliphatic rings. The van der Waals surface area contributed by atoms with Crippen LogP contribution in [0.3, 0.4) is 0 Å². The molecule has 0 heterocycles. The van der Waals surface area contributed by atoms with Crippen LogP contribution >= 0.6 is 0 Å². The number of carbonyl (C=O) groups excluding carboxylic acids is 1. The standard InChI is InChI=1S/C18H18O2/c1-13-11-12-17(16-10-6-5-9-15(13)16)20-18(19)14-7-3-2-4-8-14/h2-10,13,17H,11-12H2,1H3. The van der Waals surface area contributed by atoms with Crippen molar-refractivity contribution < 1.29 is 9.53 Å². The van der Waals surface area contributed by atoms with Crippen LogP contribution in [0.5, 0.6) is 0 Å². The zero-order valence-corrected chi connectivity index (χ0v) is 11.6. The highest BCUT2D eigenvalue weighted by Crippen LogP contribution is 2.39. The summed E-state index contributed by atoms with van der Waals surface area (Å²) in [6, 6.07) is 17.5. The summed E-state index contributed by atoms with van der Waals surface area (Å²) in [5.41, 5.74) is 3.09. The van der Waals surface area contributed by atoms with E-state index in [4.69, 9.17) is 4.74 Å². The third-order valence-electron chi connectivity index (χ3n) is 3.99. The highest BCUT2D eigenvalue weighted by Gasteiger charge is 2.27. The van der Waals surface area contributed by atoms with Crippen LogP contribution in [0.15, 0.2) is 54.6 Å². The van der Waals surface area contributed by atoms with Crippen LogP contribution in [0, 0.1) is 0 Å². The Morgan fingerprint density at radius 3 is 2.35 bits per heavy atom. The molecule has 2 atom stereocenters. The van der Waals surface area contributed by atoms with Gasteiger partial charge in [-0.25, -0.2) is 4.79 Å². The maximum Gasteiger partial charge on any atom is 0.338 e. The number of hydrogen-bond acceptors (Lipinski definition) is 2. The zero-order valence-electron chi connectivity index (χ0n) is 11.6. The number of benzene rings is 2. The monoisotopic (exact) mass is 266 g/mol. The van der Waals surface area contributed by atoms with Gasteiger partial charge in [0.25, 0.3) is 0 Å². The van der Waals surface area contributed by atoms with Crippen LogP contribution in [-0.4, -0.2) is 5.97 Å². The van der Waals surface area contributed by atoms with Crippen molar-refractivity contribution in [2.75, 3.05) is 0 Å². The fourth-order valence-corrected chi connectivity index (χ4v) is 2.86. The van der Waals surface area contributed by atoms with Crippen molar-refractivity contribution >= 4 is 5.97 Å². The fraction of sp³-hybridized carbons (Fsp3) is 0.278. The molecule has 0 N–H and O–H groups in total. The Balaban J connectivity index is 1.82. The quantitative estimate of drug-likeness (QED) is 0.749. The van der Waals surface area contributed by atoms with Gasteiger partial charge in [0.1, 0.15) is 6.10 Å². The summed E-state index contributed by atoms with van der Waals surface area (Å²) in [4.78, 5) is 12.2. The Kier molecular flexibility index (Phi) is 3.55. The van der Waals surface area contributed by atoms with E-state index in [0.717, 1.165) is 18.4 Å². The molecule has 0 saturated heterocycles. The molecule has 0 aromatic heterocycles. The Labute approximate surface area is 119 Å². The summed E-state index contributed by atoms with van der Waals surface area (Å²) in [5, 5.41) is 0. The number of esters is 1. The van der Waals surface area contributed by atoms with Crippen molar-refractivity contribution in [1.82, 2.24) is 0 Å². The molecule has 1 aliphatic carbocycles. The first-order chi connectivity index (χ1) is 9.75. The highest BCUT2D eigenvalue weighted by atomic mass is 16.5. The molecule has 0 saturated carbocycles. The van der Waals surface area contributed by atoms with Gasteiger partial charge in [-0.15, -0.1) is 0 Å². The highest BCUT2D eigenvalue weighted by molar-refractivity contribution is 5.89. The van der Waals surface area contributed by atoms with Gasteiger partial charge < -0.3 is 4.74 Å². The van der Waals surface area contributed by atoms with Crippen LogP contribution in [0.4, 0.5) is 0 Å². The smallest absolute Gasteiger partial charge is 0.338 e. The maximum absolute atomic E-state index is 12.2. The third-order valence-corrected chi connectivity index (χ3v) is 3.99. The molecule has 2 nitrogen and oxygen atoms in total. The number of fused-ring (bicyclic) bond motifs is 1. The average Bonchev–Trinajstić information content (AvgIpc) is 2.51. The summed E-state index contributed by atoms with van der Waals surface area (Å²) < 4.78 is 5.71. The van der Waals surface area contributed by atoms with E-state index in [-0.39, 0.29) is 12.1 Å². The van der Waals surface area contributed by atoms with Crippen LogP contribution in [0.1, 0.15) is 53.3 Å². The summed E-state index contributed by atoms with van der Waals surface area (Å²) in [5.74, 6) is 0.304. The second-order valence-corrected chi connectivity index (χ2v) is 5.37. The first-order valence-corrected chi connectivity index (χ1v) is 7.10. The topological polar surface area (TPSA) is 26.3 Å². The summed E-state index contributed by atoms with van der Waals surface area (Å²) in [6.45, 7) is 2.23. The number of carbonyl (C=O) groups is 1. The van der Waals surface area contributed by atoms with Crippen molar-refractivity contribution in [2.24, 2.45) is 0 Å². The average molecular weight is 266 g/mol. The van der Waals surface area contributed by atoms with Crippen LogP contribution < -0.4 is 0 Å². The van der Waals surface area contributed by atoms with E-state index >= 15 is 0 Å². The van der Waals surface area contributed by atoms with Gasteiger partial charge in [0.05, 0.1) is 5.56 Å². The Morgan fingerprint density at radius 1 is 0.950 bits per heavy atom. The zero-order chi connectivity index (χ0) is 13.9. The Morgan fingerprint density at radius 2 is 1.60 bits per heavy atom. The number of rotatable bonds is 2. The molecular weight excluding hydrogens is 248 g/mol. The van der Waals surface area contributed by atoms with Crippen LogP contribution in [0.2, 0.25) is 0 Å². The molecule has 0 amide bonds. The second-order valence-electron chi connectivity index (χ2n) is 5.37. The lowest BCUT2D eigenvalue weighted by Crippen LogP contribution is -2.18. The van der Waals surface area contributed by atoms with Gasteiger partial charge in [0.15, 0.2) is 0 Å². The Hall–Kier alpha value is -2.09. The summed E-state index contributed by atoms with van der Waals surface area (Å²) >= 11 is 0. The van der Waals surface area contributed by atoms with Gasteiger partial charge in [-0.1, -0.05) is 49.4 Å². The van der Waals surface area contributed by atoms with E-state index in [1.165, 1.54) is 5.56 Å². The fourth-order valence-electron chi connectivity index (χ4n) is 2.86. The molecule has 3 rings (SSSR count). The van der Waals surface area contributed by atoms with Gasteiger partial charge in [-0.2, -0.15) is 0 Å². The number of ether oxygens (including phenoxy) is 1. The first kappa shape index (κ1) is 12.9. The van der Waals surface area contributed by atoms with Gasteiger partial charge in [-0.3, -0.25) is 0 Å². The molecule has 102 valence electrons. The van der Waals surface area contributed by atoms with Crippen LogP contribution in [0.25, 0.3) is 0 Å². The molecule has 0 aliphatic heterocycles. The molecular formula is C18H18O2. The van der Waals surface area contributed by atoms with E-state index in [1.807, 2.05) is 24.3 Å². The molecule has 0 spiro atoms.